The van der Waals surface area contributed by atoms with Gasteiger partial charge in [-0.05, 0) is 36.4 Å². The van der Waals surface area contributed by atoms with Crippen molar-refractivity contribution in [3.63, 3.8) is 0 Å². The lowest BCUT2D eigenvalue weighted by Crippen LogP contribution is -2.34. The third-order valence-electron chi connectivity index (χ3n) is 4.67. The Morgan fingerprint density at radius 2 is 1.60 bits per heavy atom. The molecular weight excluding hydrogens is 408 g/mol. The van der Waals surface area contributed by atoms with Crippen LogP contribution in [0.2, 0.25) is 0 Å². The van der Waals surface area contributed by atoms with Crippen LogP contribution < -0.4 is 16.4 Å². The predicted octanol–water partition coefficient (Wildman–Crippen LogP) is 1.36. The summed E-state index contributed by atoms with van der Waals surface area (Å²) in [4.78, 5) is 37.1. The van der Waals surface area contributed by atoms with Gasteiger partial charge >= 0.3 is 0 Å². The number of H-pyrrole nitrogens is 1. The summed E-state index contributed by atoms with van der Waals surface area (Å²) in [6.07, 6.45) is 0. The molecule has 10 heteroatoms. The summed E-state index contributed by atoms with van der Waals surface area (Å²) < 4.78 is 27.3. The first kappa shape index (κ1) is 21.5. The number of sulfonamides is 1. The largest absolute Gasteiger partial charge is 0.324 e. The number of rotatable bonds is 7. The summed E-state index contributed by atoms with van der Waals surface area (Å²) >= 11 is 0. The van der Waals surface area contributed by atoms with Crippen molar-refractivity contribution < 1.29 is 13.2 Å². The third-order valence-corrected chi connectivity index (χ3v) is 6.73. The predicted molar refractivity (Wildman–Crippen MR) is 114 cm³/mol. The van der Waals surface area contributed by atoms with Crippen molar-refractivity contribution in [2.45, 2.75) is 25.3 Å². The molecule has 30 heavy (non-hydrogen) atoms. The molecule has 0 aliphatic heterocycles. The number of aromatic nitrogens is 2. The minimum atomic E-state index is -3.59. The Morgan fingerprint density at radius 3 is 2.20 bits per heavy atom. The van der Waals surface area contributed by atoms with Crippen molar-refractivity contribution in [1.29, 1.82) is 0 Å². The summed E-state index contributed by atoms with van der Waals surface area (Å²) in [5.41, 5.74) is -0.584. The standard InChI is InChI=1S/C20H22N4O5S/c1-3-23(4-2)30(28,29)15-11-9-14(10-12-15)21-18(25)13-24-20(27)17-8-6-5-7-16(17)19(26)22-24/h5-12H,3-4,13H2,1-2H3,(H,21,25)(H,22,26). The van der Waals surface area contributed by atoms with Crippen LogP contribution in [0.25, 0.3) is 10.8 Å². The Kier molecular flexibility index (Phi) is 6.18. The molecule has 0 saturated heterocycles. The molecule has 0 spiro atoms. The number of benzene rings is 2. The van der Waals surface area contributed by atoms with Crippen molar-refractivity contribution in [2.75, 3.05) is 18.4 Å². The van der Waals surface area contributed by atoms with E-state index in [9.17, 15) is 22.8 Å². The van der Waals surface area contributed by atoms with E-state index in [0.717, 1.165) is 4.68 Å². The van der Waals surface area contributed by atoms with E-state index in [1.165, 1.54) is 40.7 Å². The molecule has 2 aromatic carbocycles. The van der Waals surface area contributed by atoms with Gasteiger partial charge in [0.05, 0.1) is 15.7 Å². The molecule has 0 saturated carbocycles. The summed E-state index contributed by atoms with van der Waals surface area (Å²) in [6, 6.07) is 12.1. The number of anilines is 1. The van der Waals surface area contributed by atoms with Crippen molar-refractivity contribution in [3.05, 3.63) is 69.2 Å². The van der Waals surface area contributed by atoms with Crippen LogP contribution in [0.4, 0.5) is 5.69 Å². The molecule has 2 N–H and O–H groups in total. The SMILES string of the molecule is CCN(CC)S(=O)(=O)c1ccc(NC(=O)Cn2[nH]c(=O)c3ccccc3c2=O)cc1. The van der Waals surface area contributed by atoms with E-state index in [2.05, 4.69) is 10.4 Å². The zero-order valence-electron chi connectivity index (χ0n) is 16.6. The maximum absolute atomic E-state index is 12.5. The fourth-order valence-electron chi connectivity index (χ4n) is 3.12. The average molecular weight is 430 g/mol. The molecule has 9 nitrogen and oxygen atoms in total. The zero-order chi connectivity index (χ0) is 21.9. The van der Waals surface area contributed by atoms with Gasteiger partial charge in [-0.25, -0.2) is 13.1 Å². The fourth-order valence-corrected chi connectivity index (χ4v) is 4.58. The lowest BCUT2D eigenvalue weighted by molar-refractivity contribution is -0.117. The molecule has 158 valence electrons. The lowest BCUT2D eigenvalue weighted by atomic mass is 10.2. The number of carbonyl (C=O) groups excluding carboxylic acids is 1. The highest BCUT2D eigenvalue weighted by molar-refractivity contribution is 7.89. The highest BCUT2D eigenvalue weighted by Crippen LogP contribution is 2.18. The minimum Gasteiger partial charge on any atom is -0.324 e. The van der Waals surface area contributed by atoms with Gasteiger partial charge in [0.25, 0.3) is 11.1 Å². The molecule has 0 radical (unpaired) electrons. The van der Waals surface area contributed by atoms with Gasteiger partial charge in [0.2, 0.25) is 15.9 Å². The molecule has 1 heterocycles. The molecule has 3 aromatic rings. The second-order valence-electron chi connectivity index (χ2n) is 6.54. The van der Waals surface area contributed by atoms with Crippen LogP contribution in [0.3, 0.4) is 0 Å². The molecule has 0 bridgehead atoms. The number of amides is 1. The van der Waals surface area contributed by atoms with Crippen molar-refractivity contribution in [2.24, 2.45) is 0 Å². The Morgan fingerprint density at radius 1 is 1.00 bits per heavy atom. The van der Waals surface area contributed by atoms with Gasteiger partial charge in [0.1, 0.15) is 6.54 Å². The topological polar surface area (TPSA) is 121 Å². The summed E-state index contributed by atoms with van der Waals surface area (Å²) in [5.74, 6) is -0.539. The van der Waals surface area contributed by atoms with Crippen LogP contribution in [0, 0.1) is 0 Å². The van der Waals surface area contributed by atoms with E-state index in [0.29, 0.717) is 18.8 Å². The van der Waals surface area contributed by atoms with E-state index in [-0.39, 0.29) is 15.7 Å². The molecule has 0 aliphatic carbocycles. The number of carbonyl (C=O) groups is 1. The van der Waals surface area contributed by atoms with E-state index < -0.39 is 33.6 Å². The van der Waals surface area contributed by atoms with E-state index in [1.807, 2.05) is 0 Å². The second-order valence-corrected chi connectivity index (χ2v) is 8.48. The smallest absolute Gasteiger partial charge is 0.273 e. The minimum absolute atomic E-state index is 0.124. The Labute approximate surface area is 173 Å². The number of fused-ring (bicyclic) bond motifs is 1. The van der Waals surface area contributed by atoms with E-state index in [4.69, 9.17) is 0 Å². The number of hydrogen-bond acceptors (Lipinski definition) is 5. The van der Waals surface area contributed by atoms with Crippen molar-refractivity contribution >= 4 is 32.4 Å². The van der Waals surface area contributed by atoms with Gasteiger partial charge in [0.15, 0.2) is 0 Å². The summed E-state index contributed by atoms with van der Waals surface area (Å²) in [5, 5.41) is 5.46. The first-order valence-corrected chi connectivity index (χ1v) is 10.8. The second kappa shape index (κ2) is 8.64. The van der Waals surface area contributed by atoms with Gasteiger partial charge in [-0.15, -0.1) is 0 Å². The first-order chi connectivity index (χ1) is 14.3. The lowest BCUT2D eigenvalue weighted by Gasteiger charge is -2.18. The van der Waals surface area contributed by atoms with Crippen LogP contribution in [0.5, 0.6) is 0 Å². The number of hydrogen-bond donors (Lipinski definition) is 2. The first-order valence-electron chi connectivity index (χ1n) is 9.39. The summed E-state index contributed by atoms with van der Waals surface area (Å²) in [7, 11) is -3.59. The zero-order valence-corrected chi connectivity index (χ0v) is 17.4. The fraction of sp³-hybridized carbons (Fsp3) is 0.250. The molecule has 1 amide bonds. The van der Waals surface area contributed by atoms with E-state index in [1.54, 1.807) is 26.0 Å². The maximum Gasteiger partial charge on any atom is 0.273 e. The molecule has 1 aromatic heterocycles. The highest BCUT2D eigenvalue weighted by Gasteiger charge is 2.21. The number of nitrogens with zero attached hydrogens (tertiary/aromatic N) is 2. The van der Waals surface area contributed by atoms with Gasteiger partial charge in [-0.2, -0.15) is 4.31 Å². The van der Waals surface area contributed by atoms with E-state index >= 15 is 0 Å². The molecule has 0 aliphatic rings. The quantitative estimate of drug-likeness (QED) is 0.586. The Hall–Kier alpha value is -3.24. The van der Waals surface area contributed by atoms with Crippen LogP contribution in [0.1, 0.15) is 13.8 Å². The van der Waals surface area contributed by atoms with Crippen LogP contribution in [0.15, 0.2) is 63.0 Å². The number of nitrogens with one attached hydrogen (secondary N) is 2. The Bertz CT molecular complexity index is 1290. The van der Waals surface area contributed by atoms with Crippen molar-refractivity contribution in [1.82, 2.24) is 14.1 Å². The molecule has 0 unspecified atom stereocenters. The molecule has 0 fully saturated rings. The average Bonchev–Trinajstić information content (AvgIpc) is 2.73. The van der Waals surface area contributed by atoms with Crippen LogP contribution in [-0.4, -0.2) is 41.5 Å². The number of aromatic amines is 1. The monoisotopic (exact) mass is 430 g/mol. The van der Waals surface area contributed by atoms with Crippen molar-refractivity contribution in [3.8, 4) is 0 Å². The normalized spacial score (nSPS) is 11.7. The van der Waals surface area contributed by atoms with Gasteiger partial charge in [-0.3, -0.25) is 19.5 Å². The third kappa shape index (κ3) is 4.19. The maximum atomic E-state index is 12.5. The highest BCUT2D eigenvalue weighted by atomic mass is 32.2. The Balaban J connectivity index is 1.78. The van der Waals surface area contributed by atoms with Gasteiger partial charge < -0.3 is 5.32 Å². The molecular formula is C20H22N4O5S. The van der Waals surface area contributed by atoms with Crippen LogP contribution in [-0.2, 0) is 21.4 Å². The van der Waals surface area contributed by atoms with Gasteiger partial charge in [-0.1, -0.05) is 26.0 Å². The molecule has 0 atom stereocenters. The van der Waals surface area contributed by atoms with Gasteiger partial charge in [0, 0.05) is 18.8 Å². The molecule has 3 rings (SSSR count). The summed E-state index contributed by atoms with van der Waals surface area (Å²) in [6.45, 7) is 3.84. The van der Waals surface area contributed by atoms with Crippen LogP contribution >= 0.6 is 0 Å².